The number of piperidine rings is 2. The second kappa shape index (κ2) is 11.1. The number of carbonyl (C=O) groups excluding carboxylic acids is 1. The van der Waals surface area contributed by atoms with Crippen molar-refractivity contribution in [2.45, 2.75) is 51.6 Å². The molecule has 7 nitrogen and oxygen atoms in total. The van der Waals surface area contributed by atoms with Gasteiger partial charge in [0.15, 0.2) is 5.69 Å². The zero-order valence-corrected chi connectivity index (χ0v) is 17.3. The van der Waals surface area contributed by atoms with Gasteiger partial charge in [-0.25, -0.2) is 4.68 Å². The number of likely N-dealkylation sites (tertiary alicyclic amines) is 1. The molecule has 0 radical (unpaired) electrons. The van der Waals surface area contributed by atoms with Gasteiger partial charge in [-0.15, -0.1) is 29.9 Å². The Morgan fingerprint density at radius 1 is 1.23 bits per heavy atom. The average molecular weight is 407 g/mol. The number of aromatic nitrogens is 3. The van der Waals surface area contributed by atoms with Crippen LogP contribution in [0.3, 0.4) is 0 Å². The molecule has 0 aliphatic carbocycles. The zero-order valence-electron chi connectivity index (χ0n) is 15.7. The van der Waals surface area contributed by atoms with E-state index in [1.807, 2.05) is 4.68 Å². The van der Waals surface area contributed by atoms with Crippen LogP contribution in [0.5, 0.6) is 0 Å². The fraction of sp³-hybridized carbons (Fsp3) is 0.824. The van der Waals surface area contributed by atoms with Gasteiger partial charge in [0.2, 0.25) is 0 Å². The van der Waals surface area contributed by atoms with E-state index in [1.165, 1.54) is 0 Å². The van der Waals surface area contributed by atoms with Crippen LogP contribution in [0.2, 0.25) is 0 Å². The van der Waals surface area contributed by atoms with Crippen LogP contribution in [0.15, 0.2) is 6.20 Å². The molecule has 26 heavy (non-hydrogen) atoms. The smallest absolute Gasteiger partial charge is 0.273 e. The largest absolute Gasteiger partial charge is 0.348 e. The molecule has 1 aromatic heterocycles. The predicted octanol–water partition coefficient (Wildman–Crippen LogP) is 1.90. The van der Waals surface area contributed by atoms with Gasteiger partial charge in [-0.05, 0) is 44.7 Å². The molecule has 0 aromatic carbocycles. The van der Waals surface area contributed by atoms with Gasteiger partial charge in [-0.1, -0.05) is 19.1 Å². The number of halogens is 2. The highest BCUT2D eigenvalue weighted by Gasteiger charge is 2.23. The van der Waals surface area contributed by atoms with Gasteiger partial charge in [0, 0.05) is 25.7 Å². The number of hydrogen-bond donors (Lipinski definition) is 2. The van der Waals surface area contributed by atoms with Crippen LogP contribution in [0.1, 0.15) is 56.1 Å². The maximum absolute atomic E-state index is 12.4. The van der Waals surface area contributed by atoms with E-state index in [0.717, 1.165) is 58.4 Å². The number of amides is 1. The second-order valence-electron chi connectivity index (χ2n) is 7.51. The molecule has 3 heterocycles. The Morgan fingerprint density at radius 3 is 2.50 bits per heavy atom. The Labute approximate surface area is 168 Å². The standard InChI is InChI=1S/C17H30N6O.2ClH/c1-13(2)11-22-9-5-14(6-10-22)19-17(24)16-12-23(21-20-16)15-3-7-18-8-4-15;;/h12-15,18H,3-11H2,1-2H3,(H,19,24);2*1H. The molecule has 2 aliphatic heterocycles. The van der Waals surface area contributed by atoms with E-state index in [0.29, 0.717) is 17.7 Å². The minimum Gasteiger partial charge on any atom is -0.348 e. The number of rotatable bonds is 5. The fourth-order valence-corrected chi connectivity index (χ4v) is 3.67. The van der Waals surface area contributed by atoms with Crippen molar-refractivity contribution in [3.63, 3.8) is 0 Å². The van der Waals surface area contributed by atoms with Crippen molar-refractivity contribution in [2.24, 2.45) is 5.92 Å². The van der Waals surface area contributed by atoms with Crippen LogP contribution >= 0.6 is 24.8 Å². The van der Waals surface area contributed by atoms with E-state index in [4.69, 9.17) is 0 Å². The monoisotopic (exact) mass is 406 g/mol. The van der Waals surface area contributed by atoms with E-state index in [2.05, 4.69) is 39.7 Å². The Balaban J connectivity index is 0.00000169. The fourth-order valence-electron chi connectivity index (χ4n) is 3.67. The lowest BCUT2D eigenvalue weighted by Crippen LogP contribution is -2.45. The SMILES string of the molecule is CC(C)CN1CCC(NC(=O)c2cn(C3CCNCC3)nn2)CC1.Cl.Cl. The molecule has 9 heteroatoms. The van der Waals surface area contributed by atoms with Crippen LogP contribution in [-0.4, -0.2) is 64.6 Å². The number of hydrogen-bond acceptors (Lipinski definition) is 5. The molecule has 0 atom stereocenters. The first-order valence-electron chi connectivity index (χ1n) is 9.27. The quantitative estimate of drug-likeness (QED) is 0.780. The van der Waals surface area contributed by atoms with Gasteiger partial charge in [-0.3, -0.25) is 4.79 Å². The topological polar surface area (TPSA) is 75.1 Å². The van der Waals surface area contributed by atoms with Crippen molar-refractivity contribution in [2.75, 3.05) is 32.7 Å². The van der Waals surface area contributed by atoms with Crippen molar-refractivity contribution in [3.05, 3.63) is 11.9 Å². The van der Waals surface area contributed by atoms with Gasteiger partial charge in [-0.2, -0.15) is 0 Å². The van der Waals surface area contributed by atoms with Gasteiger partial charge >= 0.3 is 0 Å². The molecule has 1 aromatic rings. The summed E-state index contributed by atoms with van der Waals surface area (Å²) in [6, 6.07) is 0.615. The summed E-state index contributed by atoms with van der Waals surface area (Å²) in [6.07, 6.45) is 5.92. The minimum atomic E-state index is -0.0857. The minimum absolute atomic E-state index is 0. The first-order valence-corrected chi connectivity index (χ1v) is 9.27. The van der Waals surface area contributed by atoms with Gasteiger partial charge < -0.3 is 15.5 Å². The maximum atomic E-state index is 12.4. The summed E-state index contributed by atoms with van der Waals surface area (Å²) in [5.74, 6) is 0.610. The van der Waals surface area contributed by atoms with Crippen LogP contribution in [0.4, 0.5) is 0 Å². The Morgan fingerprint density at radius 2 is 1.88 bits per heavy atom. The molecule has 150 valence electrons. The highest BCUT2D eigenvalue weighted by molar-refractivity contribution is 5.92. The van der Waals surface area contributed by atoms with E-state index in [-0.39, 0.29) is 36.8 Å². The van der Waals surface area contributed by atoms with Crippen LogP contribution in [0, 0.1) is 5.92 Å². The van der Waals surface area contributed by atoms with Gasteiger partial charge in [0.25, 0.3) is 5.91 Å². The molecule has 1 amide bonds. The summed E-state index contributed by atoms with van der Waals surface area (Å²) in [4.78, 5) is 14.9. The summed E-state index contributed by atoms with van der Waals surface area (Å²) < 4.78 is 1.86. The molecular weight excluding hydrogens is 375 g/mol. The molecule has 2 aliphatic rings. The lowest BCUT2D eigenvalue weighted by atomic mass is 10.0. The Kier molecular flexibility index (Phi) is 9.85. The molecule has 0 spiro atoms. The first-order chi connectivity index (χ1) is 11.6. The Bertz CT molecular complexity index is 539. The molecule has 2 fully saturated rings. The van der Waals surface area contributed by atoms with Crippen LogP contribution in [-0.2, 0) is 0 Å². The van der Waals surface area contributed by atoms with Crippen LogP contribution in [0.25, 0.3) is 0 Å². The van der Waals surface area contributed by atoms with E-state index in [1.54, 1.807) is 6.20 Å². The third kappa shape index (κ3) is 6.37. The lowest BCUT2D eigenvalue weighted by molar-refractivity contribution is 0.0902. The zero-order chi connectivity index (χ0) is 16.9. The van der Waals surface area contributed by atoms with Gasteiger partial charge in [0.05, 0.1) is 12.2 Å². The average Bonchev–Trinajstić information content (AvgIpc) is 3.07. The summed E-state index contributed by atoms with van der Waals surface area (Å²) >= 11 is 0. The second-order valence-corrected chi connectivity index (χ2v) is 7.51. The molecular formula is C17H32Cl2N6O. The summed E-state index contributed by atoms with van der Waals surface area (Å²) in [7, 11) is 0. The van der Waals surface area contributed by atoms with Crippen molar-refractivity contribution < 1.29 is 4.79 Å². The van der Waals surface area contributed by atoms with Gasteiger partial charge in [0.1, 0.15) is 0 Å². The van der Waals surface area contributed by atoms with Crippen molar-refractivity contribution in [3.8, 4) is 0 Å². The molecule has 0 unspecified atom stereocenters. The third-order valence-corrected chi connectivity index (χ3v) is 4.97. The van der Waals surface area contributed by atoms with E-state index in [9.17, 15) is 4.79 Å². The van der Waals surface area contributed by atoms with E-state index >= 15 is 0 Å². The molecule has 0 bridgehead atoms. The summed E-state index contributed by atoms with van der Waals surface area (Å²) in [5, 5.41) is 14.7. The first kappa shape index (κ1) is 23.1. The molecule has 3 rings (SSSR count). The predicted molar refractivity (Wildman–Crippen MR) is 107 cm³/mol. The number of nitrogens with one attached hydrogen (secondary N) is 2. The third-order valence-electron chi connectivity index (χ3n) is 4.97. The Hall–Kier alpha value is -0.890. The molecule has 2 saturated heterocycles. The summed E-state index contributed by atoms with van der Waals surface area (Å²) in [6.45, 7) is 9.77. The molecule has 0 saturated carbocycles. The lowest BCUT2D eigenvalue weighted by Gasteiger charge is -2.33. The normalized spacial score (nSPS) is 19.7. The maximum Gasteiger partial charge on any atom is 0.273 e. The highest BCUT2D eigenvalue weighted by atomic mass is 35.5. The highest BCUT2D eigenvalue weighted by Crippen LogP contribution is 2.17. The van der Waals surface area contributed by atoms with Crippen molar-refractivity contribution >= 4 is 30.7 Å². The van der Waals surface area contributed by atoms with Crippen molar-refractivity contribution in [1.29, 1.82) is 0 Å². The van der Waals surface area contributed by atoms with Crippen molar-refractivity contribution in [1.82, 2.24) is 30.5 Å². The number of nitrogens with zero attached hydrogens (tertiary/aromatic N) is 4. The van der Waals surface area contributed by atoms with E-state index < -0.39 is 0 Å². The molecule has 2 N–H and O–H groups in total. The number of carbonyl (C=O) groups is 1. The summed E-state index contributed by atoms with van der Waals surface area (Å²) in [5.41, 5.74) is 0.443. The van der Waals surface area contributed by atoms with Crippen LogP contribution < -0.4 is 10.6 Å².